The van der Waals surface area contributed by atoms with Gasteiger partial charge in [0, 0.05) is 25.0 Å². The Morgan fingerprint density at radius 3 is 2.47 bits per heavy atom. The summed E-state index contributed by atoms with van der Waals surface area (Å²) in [6.07, 6.45) is 13.0. The van der Waals surface area contributed by atoms with Crippen molar-refractivity contribution in [1.29, 1.82) is 0 Å². The van der Waals surface area contributed by atoms with Crippen LogP contribution in [0.5, 0.6) is 11.5 Å². The van der Waals surface area contributed by atoms with Crippen molar-refractivity contribution in [2.75, 3.05) is 13.2 Å². The summed E-state index contributed by atoms with van der Waals surface area (Å²) in [6.45, 7) is 1.54. The first-order valence-corrected chi connectivity index (χ1v) is 11.1. The molecule has 0 bridgehead atoms. The highest BCUT2D eigenvalue weighted by Gasteiger charge is 2.20. The van der Waals surface area contributed by atoms with Gasteiger partial charge < -0.3 is 14.8 Å². The number of para-hydroxylation sites is 1. The van der Waals surface area contributed by atoms with Gasteiger partial charge in [-0.25, -0.2) is 4.79 Å². The van der Waals surface area contributed by atoms with Crippen LogP contribution >= 0.6 is 0 Å². The minimum absolute atomic E-state index is 0.0126. The molecule has 1 fully saturated rings. The van der Waals surface area contributed by atoms with E-state index in [9.17, 15) is 4.79 Å². The van der Waals surface area contributed by atoms with Gasteiger partial charge in [-0.15, -0.1) is 0 Å². The molecule has 2 aliphatic carbocycles. The van der Waals surface area contributed by atoms with Crippen LogP contribution in [0.1, 0.15) is 25.3 Å². The number of nitrogens with zero attached hydrogens (tertiary/aromatic N) is 2. The summed E-state index contributed by atoms with van der Waals surface area (Å²) in [5.41, 5.74) is 0.736. The molecular weight excluding hydrogens is 402 g/mol. The van der Waals surface area contributed by atoms with Gasteiger partial charge in [0.2, 0.25) is 0 Å². The minimum Gasteiger partial charge on any atom is -0.493 e. The van der Waals surface area contributed by atoms with Gasteiger partial charge in [0.05, 0.1) is 11.7 Å². The van der Waals surface area contributed by atoms with E-state index in [4.69, 9.17) is 9.47 Å². The van der Waals surface area contributed by atoms with Crippen LogP contribution < -0.4 is 15.7 Å². The van der Waals surface area contributed by atoms with Crippen LogP contribution in [0, 0.1) is 0 Å². The van der Waals surface area contributed by atoms with Crippen molar-refractivity contribution in [1.82, 2.24) is 14.5 Å². The second kappa shape index (κ2) is 9.32. The quantitative estimate of drug-likeness (QED) is 0.506. The Kier molecular flexibility index (Phi) is 5.94. The number of nitrogens with one attached hydrogen (secondary N) is 1. The van der Waals surface area contributed by atoms with Crippen LogP contribution in [0.15, 0.2) is 95.8 Å². The Balaban J connectivity index is 1.20. The van der Waals surface area contributed by atoms with E-state index in [1.165, 1.54) is 12.8 Å². The predicted octanol–water partition coefficient (Wildman–Crippen LogP) is 4.58. The highest BCUT2D eigenvalue weighted by molar-refractivity contribution is 5.39. The molecule has 6 heteroatoms. The standard InChI is InChI=1S/C26H27N3O3/c30-26-28(21-8-12-23(13-9-21)31-19-16-27-20-6-7-20)17-18-29(26)22-10-14-25(15-11-22)32-24-4-2-1-3-5-24/h1-5,8,10-15,17-18,20-21,27H,6-7,9,16,19H2. The van der Waals surface area contributed by atoms with Crippen LogP contribution in [0.4, 0.5) is 0 Å². The van der Waals surface area contributed by atoms with Crippen molar-refractivity contribution >= 4 is 0 Å². The zero-order chi connectivity index (χ0) is 21.8. The molecule has 5 rings (SSSR count). The lowest BCUT2D eigenvalue weighted by molar-refractivity contribution is 0.221. The van der Waals surface area contributed by atoms with Crippen LogP contribution in [-0.4, -0.2) is 28.3 Å². The molecule has 2 aliphatic rings. The molecule has 1 saturated carbocycles. The van der Waals surface area contributed by atoms with E-state index in [1.54, 1.807) is 9.13 Å². The van der Waals surface area contributed by atoms with Crippen LogP contribution in [0.2, 0.25) is 0 Å². The van der Waals surface area contributed by atoms with Crippen LogP contribution in [0.25, 0.3) is 5.69 Å². The first kappa shape index (κ1) is 20.4. The molecule has 1 unspecified atom stereocenters. The molecule has 0 saturated heterocycles. The van der Waals surface area contributed by atoms with Gasteiger partial charge in [0.25, 0.3) is 0 Å². The number of rotatable bonds is 9. The zero-order valence-electron chi connectivity index (χ0n) is 17.9. The fraction of sp³-hybridized carbons (Fsp3) is 0.269. The summed E-state index contributed by atoms with van der Waals surface area (Å²) in [6, 6.07) is 17.8. The molecule has 32 heavy (non-hydrogen) atoms. The maximum absolute atomic E-state index is 13.0. The third-order valence-corrected chi connectivity index (χ3v) is 5.68. The largest absolute Gasteiger partial charge is 0.493 e. The molecule has 1 heterocycles. The van der Waals surface area contributed by atoms with E-state index in [2.05, 4.69) is 11.4 Å². The smallest absolute Gasteiger partial charge is 0.333 e. The summed E-state index contributed by atoms with van der Waals surface area (Å²) >= 11 is 0. The van der Waals surface area contributed by atoms with E-state index in [1.807, 2.05) is 79.1 Å². The van der Waals surface area contributed by atoms with E-state index < -0.39 is 0 Å². The Bertz CT molecular complexity index is 1160. The monoisotopic (exact) mass is 429 g/mol. The van der Waals surface area contributed by atoms with Crippen molar-refractivity contribution in [2.24, 2.45) is 0 Å². The number of hydrogen-bond donors (Lipinski definition) is 1. The molecule has 1 atom stereocenters. The average Bonchev–Trinajstić information content (AvgIpc) is 3.58. The van der Waals surface area contributed by atoms with E-state index in [0.717, 1.165) is 35.9 Å². The molecule has 0 aliphatic heterocycles. The van der Waals surface area contributed by atoms with Crippen molar-refractivity contribution in [3.8, 4) is 17.2 Å². The number of aromatic nitrogens is 2. The normalized spacial score (nSPS) is 17.8. The second-order valence-corrected chi connectivity index (χ2v) is 8.11. The Morgan fingerprint density at radius 2 is 1.75 bits per heavy atom. The first-order chi connectivity index (χ1) is 15.8. The van der Waals surface area contributed by atoms with E-state index in [0.29, 0.717) is 12.6 Å². The summed E-state index contributed by atoms with van der Waals surface area (Å²) in [4.78, 5) is 13.0. The number of imidazole rings is 1. The zero-order valence-corrected chi connectivity index (χ0v) is 17.9. The van der Waals surface area contributed by atoms with Gasteiger partial charge in [0.1, 0.15) is 23.9 Å². The molecule has 0 spiro atoms. The lowest BCUT2D eigenvalue weighted by Gasteiger charge is -2.17. The fourth-order valence-electron chi connectivity index (χ4n) is 3.76. The number of ether oxygens (including phenoxy) is 2. The maximum atomic E-state index is 13.0. The van der Waals surface area contributed by atoms with E-state index >= 15 is 0 Å². The van der Waals surface area contributed by atoms with Crippen molar-refractivity contribution in [3.63, 3.8) is 0 Å². The fourth-order valence-corrected chi connectivity index (χ4v) is 3.76. The van der Waals surface area contributed by atoms with Crippen LogP contribution in [0.3, 0.4) is 0 Å². The van der Waals surface area contributed by atoms with Crippen molar-refractivity contribution in [3.05, 3.63) is 101 Å². The van der Waals surface area contributed by atoms with Gasteiger partial charge >= 0.3 is 5.69 Å². The molecule has 6 nitrogen and oxygen atoms in total. The molecular formula is C26H27N3O3. The maximum Gasteiger partial charge on any atom is 0.333 e. The molecule has 3 aromatic rings. The van der Waals surface area contributed by atoms with Gasteiger partial charge in [-0.05, 0) is 67.8 Å². The average molecular weight is 430 g/mol. The highest BCUT2D eigenvalue weighted by atomic mass is 16.5. The molecule has 0 amide bonds. The van der Waals surface area contributed by atoms with Crippen LogP contribution in [-0.2, 0) is 4.74 Å². The van der Waals surface area contributed by atoms with E-state index in [-0.39, 0.29) is 11.7 Å². The number of allylic oxidation sites excluding steroid dienone is 3. The Morgan fingerprint density at radius 1 is 0.969 bits per heavy atom. The predicted molar refractivity (Wildman–Crippen MR) is 124 cm³/mol. The Hall–Kier alpha value is -3.51. The third kappa shape index (κ3) is 4.86. The van der Waals surface area contributed by atoms with Crippen molar-refractivity contribution < 1.29 is 9.47 Å². The second-order valence-electron chi connectivity index (χ2n) is 8.11. The van der Waals surface area contributed by atoms with Gasteiger partial charge in [-0.3, -0.25) is 9.13 Å². The minimum atomic E-state index is -0.0669. The summed E-state index contributed by atoms with van der Waals surface area (Å²) in [7, 11) is 0. The lowest BCUT2D eigenvalue weighted by Crippen LogP contribution is -2.26. The van der Waals surface area contributed by atoms with Gasteiger partial charge in [-0.2, -0.15) is 0 Å². The number of hydrogen-bond acceptors (Lipinski definition) is 4. The topological polar surface area (TPSA) is 57.4 Å². The SMILES string of the molecule is O=c1n(-c2ccc(Oc3ccccc3)cc2)ccn1C1C=CC(OCCNC2CC2)=CC1. The molecule has 1 N–H and O–H groups in total. The number of benzene rings is 2. The lowest BCUT2D eigenvalue weighted by atomic mass is 10.1. The highest BCUT2D eigenvalue weighted by Crippen LogP contribution is 2.24. The summed E-state index contributed by atoms with van der Waals surface area (Å²) in [5.74, 6) is 2.39. The Labute approximate surface area is 187 Å². The molecule has 164 valence electrons. The van der Waals surface area contributed by atoms with Gasteiger partial charge in [-0.1, -0.05) is 24.3 Å². The first-order valence-electron chi connectivity index (χ1n) is 11.1. The molecule has 0 radical (unpaired) electrons. The third-order valence-electron chi connectivity index (χ3n) is 5.68. The molecule has 2 aromatic carbocycles. The summed E-state index contributed by atoms with van der Waals surface area (Å²) < 4.78 is 15.1. The molecule has 1 aromatic heterocycles. The summed E-state index contributed by atoms with van der Waals surface area (Å²) in [5, 5.41) is 3.44. The van der Waals surface area contributed by atoms with Crippen molar-refractivity contribution in [2.45, 2.75) is 31.3 Å². The van der Waals surface area contributed by atoms with Gasteiger partial charge in [0.15, 0.2) is 0 Å².